The van der Waals surface area contributed by atoms with E-state index in [1.807, 2.05) is 0 Å². The number of rotatable bonds is 44. The third kappa shape index (κ3) is 44.5. The number of carbonyl (C=O) groups is 3. The SMILES string of the molecule is CC/C=C\C/C=C\C/C=C\C/C=C\CCCCCC(=O)OCC(COC(=O)CCCCCCCCCCC)OC(=O)CCCCCCCCCCCCCCCCC. The molecule has 0 saturated heterocycles. The van der Waals surface area contributed by atoms with Crippen LogP contribution in [0.1, 0.15) is 245 Å². The zero-order valence-electron chi connectivity index (χ0n) is 38.3. The van der Waals surface area contributed by atoms with Crippen molar-refractivity contribution < 1.29 is 28.6 Å². The van der Waals surface area contributed by atoms with Crippen LogP contribution in [0.4, 0.5) is 0 Å². The van der Waals surface area contributed by atoms with Gasteiger partial charge in [0.05, 0.1) is 0 Å². The number of ether oxygens (including phenoxy) is 3. The van der Waals surface area contributed by atoms with Crippen LogP contribution in [0.2, 0.25) is 0 Å². The monoisotopic (exact) mass is 813 g/mol. The van der Waals surface area contributed by atoms with Crippen molar-refractivity contribution in [1.82, 2.24) is 0 Å². The molecule has 0 radical (unpaired) electrons. The van der Waals surface area contributed by atoms with E-state index in [0.717, 1.165) is 89.9 Å². The Hall–Kier alpha value is -2.63. The van der Waals surface area contributed by atoms with Crippen LogP contribution in [0.5, 0.6) is 0 Å². The molecule has 0 aliphatic carbocycles. The molecule has 0 saturated carbocycles. The molecule has 0 aliphatic rings. The molecule has 0 spiro atoms. The Labute approximate surface area is 358 Å². The Morgan fingerprint density at radius 1 is 0.362 bits per heavy atom. The zero-order valence-corrected chi connectivity index (χ0v) is 38.3. The molecule has 0 aromatic rings. The first-order valence-corrected chi connectivity index (χ1v) is 24.6. The van der Waals surface area contributed by atoms with Gasteiger partial charge in [-0.2, -0.15) is 0 Å². The maximum Gasteiger partial charge on any atom is 0.306 e. The van der Waals surface area contributed by atoms with E-state index < -0.39 is 6.10 Å². The van der Waals surface area contributed by atoms with Gasteiger partial charge in [0, 0.05) is 19.3 Å². The highest BCUT2D eigenvalue weighted by Gasteiger charge is 2.19. The van der Waals surface area contributed by atoms with Crippen LogP contribution in [0.15, 0.2) is 48.6 Å². The molecule has 0 bridgehead atoms. The minimum atomic E-state index is -0.780. The topological polar surface area (TPSA) is 78.9 Å². The largest absolute Gasteiger partial charge is 0.462 e. The summed E-state index contributed by atoms with van der Waals surface area (Å²) in [6.07, 6.45) is 55.2. The summed E-state index contributed by atoms with van der Waals surface area (Å²) in [5, 5.41) is 0. The minimum Gasteiger partial charge on any atom is -0.462 e. The van der Waals surface area contributed by atoms with Gasteiger partial charge in [-0.1, -0.05) is 217 Å². The second-order valence-electron chi connectivity index (χ2n) is 16.4. The number of allylic oxidation sites excluding steroid dienone is 8. The average molecular weight is 813 g/mol. The molecule has 0 N–H and O–H groups in total. The molecule has 336 valence electrons. The summed E-state index contributed by atoms with van der Waals surface area (Å²) in [5.74, 6) is -0.909. The fourth-order valence-corrected chi connectivity index (χ4v) is 6.90. The van der Waals surface area contributed by atoms with Crippen molar-refractivity contribution in [2.45, 2.75) is 252 Å². The molecule has 1 atom stereocenters. The van der Waals surface area contributed by atoms with E-state index in [-0.39, 0.29) is 31.1 Å². The molecule has 0 aromatic heterocycles. The Morgan fingerprint density at radius 3 is 1.05 bits per heavy atom. The highest BCUT2D eigenvalue weighted by molar-refractivity contribution is 5.71. The van der Waals surface area contributed by atoms with Gasteiger partial charge in [0.1, 0.15) is 13.2 Å². The smallest absolute Gasteiger partial charge is 0.306 e. The Morgan fingerprint density at radius 2 is 0.672 bits per heavy atom. The van der Waals surface area contributed by atoms with E-state index in [9.17, 15) is 14.4 Å². The molecule has 0 rings (SSSR count). The van der Waals surface area contributed by atoms with Gasteiger partial charge in [-0.3, -0.25) is 14.4 Å². The maximum atomic E-state index is 12.8. The second-order valence-corrected chi connectivity index (χ2v) is 16.4. The number of carbonyl (C=O) groups excluding carboxylic acids is 3. The fourth-order valence-electron chi connectivity index (χ4n) is 6.90. The predicted octanol–water partition coefficient (Wildman–Crippen LogP) is 15.9. The lowest BCUT2D eigenvalue weighted by Crippen LogP contribution is -2.30. The molecule has 6 nitrogen and oxygen atoms in total. The van der Waals surface area contributed by atoms with Crippen LogP contribution in [-0.2, 0) is 28.6 Å². The summed E-state index contributed by atoms with van der Waals surface area (Å²) >= 11 is 0. The summed E-state index contributed by atoms with van der Waals surface area (Å²) in [6, 6.07) is 0. The molecule has 1 unspecified atom stereocenters. The summed E-state index contributed by atoms with van der Waals surface area (Å²) in [5.41, 5.74) is 0. The summed E-state index contributed by atoms with van der Waals surface area (Å²) in [7, 11) is 0. The molecule has 6 heteroatoms. The third-order valence-corrected chi connectivity index (χ3v) is 10.6. The fraction of sp³-hybridized carbons (Fsp3) is 0.788. The van der Waals surface area contributed by atoms with Gasteiger partial charge >= 0.3 is 17.9 Å². The summed E-state index contributed by atoms with van der Waals surface area (Å²) in [4.78, 5) is 37.8. The van der Waals surface area contributed by atoms with E-state index in [1.54, 1.807) is 0 Å². The van der Waals surface area contributed by atoms with E-state index in [4.69, 9.17) is 14.2 Å². The molecular weight excluding hydrogens is 721 g/mol. The first-order chi connectivity index (χ1) is 28.5. The molecule has 58 heavy (non-hydrogen) atoms. The second kappa shape index (κ2) is 47.1. The molecule has 0 aromatic carbocycles. The van der Waals surface area contributed by atoms with Gasteiger partial charge in [-0.15, -0.1) is 0 Å². The number of unbranched alkanes of at least 4 members (excludes halogenated alkanes) is 25. The average Bonchev–Trinajstić information content (AvgIpc) is 3.22. The van der Waals surface area contributed by atoms with Crippen molar-refractivity contribution in [2.24, 2.45) is 0 Å². The standard InChI is InChI=1S/C52H92O6/c1-4-7-10-13-16-19-21-23-25-27-28-30-33-36-39-42-45-51(54)57-48-49(47-56-50(53)44-41-38-35-32-18-15-12-9-6-3)58-52(55)46-43-40-37-34-31-29-26-24-22-20-17-14-11-8-5-2/h7,10,16,19,23,25,28,30,49H,4-6,8-9,11-15,17-18,20-22,24,26-27,29,31-48H2,1-3H3/b10-7-,19-16-,25-23-,30-28-. The van der Waals surface area contributed by atoms with Crippen LogP contribution >= 0.6 is 0 Å². The Bertz CT molecular complexity index is 1030. The predicted molar refractivity (Wildman–Crippen MR) is 247 cm³/mol. The highest BCUT2D eigenvalue weighted by atomic mass is 16.6. The molecular formula is C52H92O6. The van der Waals surface area contributed by atoms with E-state index in [0.29, 0.717) is 19.3 Å². The van der Waals surface area contributed by atoms with Gasteiger partial charge in [0.15, 0.2) is 6.10 Å². The van der Waals surface area contributed by atoms with Crippen LogP contribution in [0, 0.1) is 0 Å². The van der Waals surface area contributed by atoms with Gasteiger partial charge in [-0.05, 0) is 57.8 Å². The van der Waals surface area contributed by atoms with Crippen molar-refractivity contribution in [3.63, 3.8) is 0 Å². The zero-order chi connectivity index (χ0) is 42.3. The van der Waals surface area contributed by atoms with Crippen molar-refractivity contribution in [1.29, 1.82) is 0 Å². The number of hydrogen-bond donors (Lipinski definition) is 0. The van der Waals surface area contributed by atoms with Crippen LogP contribution < -0.4 is 0 Å². The third-order valence-electron chi connectivity index (χ3n) is 10.6. The molecule has 0 amide bonds. The Kier molecular flexibility index (Phi) is 44.9. The van der Waals surface area contributed by atoms with Crippen molar-refractivity contribution >= 4 is 17.9 Å². The van der Waals surface area contributed by atoms with Gasteiger partial charge in [-0.25, -0.2) is 0 Å². The quantitative estimate of drug-likeness (QED) is 0.0264. The summed E-state index contributed by atoms with van der Waals surface area (Å²) < 4.78 is 16.7. The van der Waals surface area contributed by atoms with Crippen molar-refractivity contribution in [3.8, 4) is 0 Å². The molecule has 0 heterocycles. The van der Waals surface area contributed by atoms with Crippen LogP contribution in [0.3, 0.4) is 0 Å². The number of esters is 3. The van der Waals surface area contributed by atoms with Gasteiger partial charge in [0.2, 0.25) is 0 Å². The number of hydrogen-bond acceptors (Lipinski definition) is 6. The lowest BCUT2D eigenvalue weighted by atomic mass is 10.0. The maximum absolute atomic E-state index is 12.8. The van der Waals surface area contributed by atoms with Crippen molar-refractivity contribution in [2.75, 3.05) is 13.2 Å². The van der Waals surface area contributed by atoms with Gasteiger partial charge in [0.25, 0.3) is 0 Å². The normalized spacial score (nSPS) is 12.4. The van der Waals surface area contributed by atoms with E-state index in [2.05, 4.69) is 69.4 Å². The summed E-state index contributed by atoms with van der Waals surface area (Å²) in [6.45, 7) is 6.49. The Balaban J connectivity index is 4.37. The first-order valence-electron chi connectivity index (χ1n) is 24.6. The molecule has 0 aliphatic heterocycles. The van der Waals surface area contributed by atoms with Gasteiger partial charge < -0.3 is 14.2 Å². The van der Waals surface area contributed by atoms with E-state index >= 15 is 0 Å². The highest BCUT2D eigenvalue weighted by Crippen LogP contribution is 2.15. The minimum absolute atomic E-state index is 0.0803. The van der Waals surface area contributed by atoms with Crippen molar-refractivity contribution in [3.05, 3.63) is 48.6 Å². The van der Waals surface area contributed by atoms with E-state index in [1.165, 1.54) is 116 Å². The lowest BCUT2D eigenvalue weighted by molar-refractivity contribution is -0.167. The first kappa shape index (κ1) is 55.4. The van der Waals surface area contributed by atoms with Crippen LogP contribution in [-0.4, -0.2) is 37.2 Å². The van der Waals surface area contributed by atoms with Crippen LogP contribution in [0.25, 0.3) is 0 Å². The lowest BCUT2D eigenvalue weighted by Gasteiger charge is -2.18. The molecule has 0 fully saturated rings.